The molecule has 0 aromatic carbocycles. The van der Waals surface area contributed by atoms with Crippen molar-refractivity contribution in [2.75, 3.05) is 6.61 Å². The van der Waals surface area contributed by atoms with E-state index in [1.165, 1.54) is 49.9 Å². The highest BCUT2D eigenvalue weighted by molar-refractivity contribution is 6.01. The van der Waals surface area contributed by atoms with E-state index in [1.54, 1.807) is 5.57 Å². The summed E-state index contributed by atoms with van der Waals surface area (Å²) in [6, 6.07) is 0. The highest BCUT2D eigenvalue weighted by atomic mass is 16.5. The number of fused-ring (bicyclic) bond motifs is 4. The molecule has 0 radical (unpaired) electrons. The summed E-state index contributed by atoms with van der Waals surface area (Å²) in [5.74, 6) is 5.30. The van der Waals surface area contributed by atoms with Crippen LogP contribution in [0.4, 0.5) is 0 Å². The molecule has 6 unspecified atom stereocenters. The molecule has 158 valence electrons. The molecule has 5 aliphatic rings. The molecular weight excluding hydrogens is 356 g/mol. The van der Waals surface area contributed by atoms with E-state index in [4.69, 9.17) is 4.74 Å². The Kier molecular flexibility index (Phi) is 4.64. The van der Waals surface area contributed by atoms with Gasteiger partial charge in [-0.2, -0.15) is 0 Å². The van der Waals surface area contributed by atoms with E-state index in [0.717, 1.165) is 43.1 Å². The number of hydrogen-bond acceptors (Lipinski definition) is 2. The molecule has 29 heavy (non-hydrogen) atoms. The van der Waals surface area contributed by atoms with Crippen LogP contribution in [0, 0.1) is 40.4 Å². The topological polar surface area (TPSA) is 26.3 Å². The van der Waals surface area contributed by atoms with Crippen LogP contribution in [0.5, 0.6) is 0 Å². The lowest BCUT2D eigenvalue weighted by Gasteiger charge is -2.58. The van der Waals surface area contributed by atoms with Gasteiger partial charge in [-0.05, 0) is 99.2 Å². The SMILES string of the molecule is CC1=C(CCC(C)C)OCC23CCC4C(CCC5=CC(=O)C=CC54C)C2CCC13. The first-order valence-corrected chi connectivity index (χ1v) is 12.1. The summed E-state index contributed by atoms with van der Waals surface area (Å²) in [5.41, 5.74) is 3.49. The molecule has 1 aliphatic heterocycles. The summed E-state index contributed by atoms with van der Waals surface area (Å²) in [5, 5.41) is 0. The lowest BCUT2D eigenvalue weighted by atomic mass is 9.47. The Morgan fingerprint density at radius 2 is 2.00 bits per heavy atom. The van der Waals surface area contributed by atoms with Gasteiger partial charge in [0.2, 0.25) is 0 Å². The van der Waals surface area contributed by atoms with Gasteiger partial charge in [-0.25, -0.2) is 0 Å². The zero-order chi connectivity index (χ0) is 20.4. The summed E-state index contributed by atoms with van der Waals surface area (Å²) >= 11 is 0. The maximum Gasteiger partial charge on any atom is 0.178 e. The predicted octanol–water partition coefficient (Wildman–Crippen LogP) is 6.63. The molecule has 6 atom stereocenters. The fourth-order valence-electron chi connectivity index (χ4n) is 8.15. The van der Waals surface area contributed by atoms with Crippen LogP contribution >= 0.6 is 0 Å². The standard InChI is InChI=1S/C27H38O2/c1-17(2)5-10-25-18(3)22-8-9-24-21-7-6-19-15-20(28)11-13-26(19,4)23(21)12-14-27(22,24)16-29-25/h11,13,15,17,21-24H,5-10,12,14,16H2,1-4H3. The van der Waals surface area contributed by atoms with Crippen LogP contribution in [0.2, 0.25) is 0 Å². The van der Waals surface area contributed by atoms with Gasteiger partial charge in [0, 0.05) is 17.3 Å². The van der Waals surface area contributed by atoms with E-state index in [2.05, 4.69) is 33.8 Å². The molecule has 2 nitrogen and oxygen atoms in total. The first-order chi connectivity index (χ1) is 13.8. The summed E-state index contributed by atoms with van der Waals surface area (Å²) in [7, 11) is 0. The molecule has 2 heteroatoms. The summed E-state index contributed by atoms with van der Waals surface area (Å²) in [4.78, 5) is 12.0. The highest BCUT2D eigenvalue weighted by Crippen LogP contribution is 2.68. The maximum absolute atomic E-state index is 12.0. The molecule has 3 saturated carbocycles. The van der Waals surface area contributed by atoms with Gasteiger partial charge in [0.05, 0.1) is 12.4 Å². The minimum atomic E-state index is 0.110. The Bertz CT molecular complexity index is 799. The first-order valence-electron chi connectivity index (χ1n) is 12.1. The van der Waals surface area contributed by atoms with Crippen molar-refractivity contribution in [1.82, 2.24) is 0 Å². The smallest absolute Gasteiger partial charge is 0.178 e. The lowest BCUT2D eigenvalue weighted by molar-refractivity contribution is -0.111. The van der Waals surface area contributed by atoms with E-state index in [1.807, 2.05) is 12.2 Å². The van der Waals surface area contributed by atoms with Crippen molar-refractivity contribution >= 4 is 5.78 Å². The first kappa shape index (κ1) is 19.6. The van der Waals surface area contributed by atoms with Crippen molar-refractivity contribution in [2.24, 2.45) is 40.4 Å². The molecule has 0 bridgehead atoms. The predicted molar refractivity (Wildman–Crippen MR) is 117 cm³/mol. The molecule has 0 N–H and O–H groups in total. The Morgan fingerprint density at radius 1 is 1.17 bits per heavy atom. The largest absolute Gasteiger partial charge is 0.497 e. The van der Waals surface area contributed by atoms with Crippen LogP contribution in [0.15, 0.2) is 35.1 Å². The van der Waals surface area contributed by atoms with Crippen molar-refractivity contribution in [3.8, 4) is 0 Å². The van der Waals surface area contributed by atoms with Gasteiger partial charge in [0.1, 0.15) is 0 Å². The number of rotatable bonds is 3. The molecule has 0 saturated heterocycles. The van der Waals surface area contributed by atoms with Crippen LogP contribution < -0.4 is 0 Å². The van der Waals surface area contributed by atoms with Gasteiger partial charge >= 0.3 is 0 Å². The fraction of sp³-hybridized carbons (Fsp3) is 0.741. The van der Waals surface area contributed by atoms with Crippen molar-refractivity contribution in [3.63, 3.8) is 0 Å². The van der Waals surface area contributed by atoms with Crippen LogP contribution in [0.3, 0.4) is 0 Å². The van der Waals surface area contributed by atoms with E-state index in [-0.39, 0.29) is 11.2 Å². The number of carbonyl (C=O) groups is 1. The quantitative estimate of drug-likeness (QED) is 0.537. The Balaban J connectivity index is 1.42. The van der Waals surface area contributed by atoms with Gasteiger partial charge in [-0.3, -0.25) is 4.79 Å². The summed E-state index contributed by atoms with van der Waals surface area (Å²) in [6.45, 7) is 10.4. The van der Waals surface area contributed by atoms with E-state index in [9.17, 15) is 4.79 Å². The molecular formula is C27H38O2. The number of ether oxygens (including phenoxy) is 1. The normalized spacial score (nSPS) is 43.3. The van der Waals surface area contributed by atoms with Crippen molar-refractivity contribution in [2.45, 2.75) is 79.1 Å². The molecule has 5 rings (SSSR count). The monoisotopic (exact) mass is 394 g/mol. The third kappa shape index (κ3) is 2.84. The molecule has 0 aromatic rings. The van der Waals surface area contributed by atoms with Crippen molar-refractivity contribution < 1.29 is 9.53 Å². The van der Waals surface area contributed by atoms with E-state index >= 15 is 0 Å². The van der Waals surface area contributed by atoms with Crippen LogP contribution in [0.1, 0.15) is 79.1 Å². The summed E-state index contributed by atoms with van der Waals surface area (Å²) in [6.07, 6.45) is 16.1. The number of carbonyl (C=O) groups excluding carboxylic acids is 1. The van der Waals surface area contributed by atoms with Gasteiger partial charge in [0.15, 0.2) is 5.78 Å². The van der Waals surface area contributed by atoms with Gasteiger partial charge in [-0.15, -0.1) is 0 Å². The van der Waals surface area contributed by atoms with Gasteiger partial charge < -0.3 is 4.74 Å². The molecule has 1 spiro atoms. The zero-order valence-corrected chi connectivity index (χ0v) is 18.8. The summed E-state index contributed by atoms with van der Waals surface area (Å²) < 4.78 is 6.55. The van der Waals surface area contributed by atoms with Crippen LogP contribution in [0.25, 0.3) is 0 Å². The maximum atomic E-state index is 12.0. The molecule has 0 amide bonds. The third-order valence-corrected chi connectivity index (χ3v) is 9.70. The average Bonchev–Trinajstić information content (AvgIpc) is 3.08. The highest BCUT2D eigenvalue weighted by Gasteiger charge is 2.62. The number of ketones is 1. The zero-order valence-electron chi connectivity index (χ0n) is 18.8. The Hall–Kier alpha value is -1.31. The second kappa shape index (κ2) is 6.86. The molecule has 3 fully saturated rings. The van der Waals surface area contributed by atoms with Crippen molar-refractivity contribution in [3.05, 3.63) is 35.1 Å². The van der Waals surface area contributed by atoms with E-state index < -0.39 is 0 Å². The molecule has 1 heterocycles. The fourth-order valence-corrected chi connectivity index (χ4v) is 8.15. The van der Waals surface area contributed by atoms with Crippen LogP contribution in [-0.2, 0) is 9.53 Å². The van der Waals surface area contributed by atoms with E-state index in [0.29, 0.717) is 11.3 Å². The number of allylic oxidation sites excluding steroid dienone is 6. The minimum absolute atomic E-state index is 0.110. The van der Waals surface area contributed by atoms with Gasteiger partial charge in [0.25, 0.3) is 0 Å². The molecule has 4 aliphatic carbocycles. The lowest BCUT2D eigenvalue weighted by Crippen LogP contribution is -2.53. The minimum Gasteiger partial charge on any atom is -0.497 e. The molecule has 0 aromatic heterocycles. The van der Waals surface area contributed by atoms with Crippen LogP contribution in [-0.4, -0.2) is 12.4 Å². The Morgan fingerprint density at radius 3 is 2.79 bits per heavy atom. The average molecular weight is 395 g/mol. The second-order valence-electron chi connectivity index (χ2n) is 11.3. The second-order valence-corrected chi connectivity index (χ2v) is 11.3. The number of hydrogen-bond donors (Lipinski definition) is 0. The Labute approximate surface area is 176 Å². The van der Waals surface area contributed by atoms with Crippen molar-refractivity contribution in [1.29, 1.82) is 0 Å². The van der Waals surface area contributed by atoms with Gasteiger partial charge in [-0.1, -0.05) is 32.4 Å². The third-order valence-electron chi connectivity index (χ3n) is 9.70.